The van der Waals surface area contributed by atoms with Gasteiger partial charge >= 0.3 is 5.97 Å². The lowest BCUT2D eigenvalue weighted by Gasteiger charge is -1.95. The molecule has 1 aromatic rings. The number of anilines is 2. The molecule has 3 N–H and O–H groups in total. The fourth-order valence-electron chi connectivity index (χ4n) is 0.975. The van der Waals surface area contributed by atoms with Gasteiger partial charge in [-0.25, -0.2) is 4.79 Å². The van der Waals surface area contributed by atoms with Crippen molar-refractivity contribution >= 4 is 28.0 Å². The Morgan fingerprint density at radius 2 is 2.36 bits per heavy atom. The van der Waals surface area contributed by atoms with E-state index in [0.717, 1.165) is 11.3 Å². The van der Waals surface area contributed by atoms with Gasteiger partial charge in [0.25, 0.3) is 0 Å². The van der Waals surface area contributed by atoms with E-state index < -0.39 is 5.97 Å². The summed E-state index contributed by atoms with van der Waals surface area (Å²) in [6.45, 7) is 0. The maximum Gasteiger partial charge on any atom is 0.350 e. The van der Waals surface area contributed by atoms with E-state index >= 15 is 0 Å². The second kappa shape index (κ2) is 3.98. The van der Waals surface area contributed by atoms with Crippen molar-refractivity contribution in [3.63, 3.8) is 0 Å². The third-order valence-electron chi connectivity index (χ3n) is 1.65. The van der Waals surface area contributed by atoms with Crippen LogP contribution >= 0.6 is 11.3 Å². The van der Waals surface area contributed by atoms with Crippen LogP contribution in [0, 0.1) is 11.3 Å². The van der Waals surface area contributed by atoms with Crippen molar-refractivity contribution in [3.8, 4) is 6.07 Å². The minimum atomic E-state index is -0.523. The van der Waals surface area contributed by atoms with E-state index in [0.29, 0.717) is 5.00 Å². The Balaban J connectivity index is 3.29. The molecule has 0 fully saturated rings. The van der Waals surface area contributed by atoms with E-state index in [2.05, 4.69) is 10.1 Å². The zero-order valence-corrected chi connectivity index (χ0v) is 8.57. The lowest BCUT2D eigenvalue weighted by Crippen LogP contribution is -2.02. The van der Waals surface area contributed by atoms with Crippen LogP contribution in [0.25, 0.3) is 0 Å². The number of nitrogens with one attached hydrogen (secondary N) is 1. The number of carbonyl (C=O) groups is 1. The molecule has 1 aromatic heterocycles. The van der Waals surface area contributed by atoms with E-state index in [4.69, 9.17) is 11.0 Å². The molecule has 0 aliphatic rings. The number of hydrogen-bond donors (Lipinski definition) is 2. The number of methoxy groups -OCH3 is 1. The highest BCUT2D eigenvalue weighted by Gasteiger charge is 2.20. The molecule has 1 heterocycles. The smallest absolute Gasteiger partial charge is 0.350 e. The first-order valence-electron chi connectivity index (χ1n) is 3.74. The van der Waals surface area contributed by atoms with Crippen molar-refractivity contribution in [2.45, 2.75) is 0 Å². The topological polar surface area (TPSA) is 88.1 Å². The fourth-order valence-corrected chi connectivity index (χ4v) is 1.92. The predicted octanol–water partition coefficient (Wildman–Crippen LogP) is 1.03. The SMILES string of the molecule is CNc1sc(C(=O)OC)c(N)c1C#N. The van der Waals surface area contributed by atoms with Gasteiger partial charge in [0.15, 0.2) is 0 Å². The average molecular weight is 211 g/mol. The van der Waals surface area contributed by atoms with Crippen LogP contribution < -0.4 is 11.1 Å². The van der Waals surface area contributed by atoms with Crippen LogP contribution in [0.5, 0.6) is 0 Å². The van der Waals surface area contributed by atoms with Gasteiger partial charge in [0, 0.05) is 7.05 Å². The largest absolute Gasteiger partial charge is 0.465 e. The van der Waals surface area contributed by atoms with Crippen LogP contribution in [0.4, 0.5) is 10.7 Å². The minimum absolute atomic E-state index is 0.175. The second-order valence-electron chi connectivity index (χ2n) is 2.40. The van der Waals surface area contributed by atoms with Gasteiger partial charge < -0.3 is 15.8 Å². The Bertz CT molecular complexity index is 405. The molecule has 14 heavy (non-hydrogen) atoms. The van der Waals surface area contributed by atoms with Crippen molar-refractivity contribution in [2.75, 3.05) is 25.2 Å². The van der Waals surface area contributed by atoms with Gasteiger partial charge in [0.1, 0.15) is 21.5 Å². The van der Waals surface area contributed by atoms with Crippen molar-refractivity contribution in [3.05, 3.63) is 10.4 Å². The molecule has 0 saturated heterocycles. The molecule has 0 radical (unpaired) electrons. The maximum absolute atomic E-state index is 11.2. The number of rotatable bonds is 2. The van der Waals surface area contributed by atoms with Crippen LogP contribution in [0.15, 0.2) is 0 Å². The molecule has 0 aliphatic heterocycles. The Labute approximate surface area is 85.1 Å². The van der Waals surface area contributed by atoms with Crippen LogP contribution in [-0.2, 0) is 4.74 Å². The third kappa shape index (κ3) is 1.49. The standard InChI is InChI=1S/C8H9N3O2S/c1-11-7-4(3-9)5(10)6(14-7)8(12)13-2/h11H,10H2,1-2H3. The molecule has 1 rings (SSSR count). The van der Waals surface area contributed by atoms with E-state index in [1.54, 1.807) is 7.05 Å². The number of carbonyl (C=O) groups excluding carboxylic acids is 1. The zero-order valence-electron chi connectivity index (χ0n) is 7.75. The van der Waals surface area contributed by atoms with Gasteiger partial charge in [-0.15, -0.1) is 11.3 Å². The Kier molecular flexibility index (Phi) is 2.94. The Hall–Kier alpha value is -1.74. The fraction of sp³-hybridized carbons (Fsp3) is 0.250. The highest BCUT2D eigenvalue weighted by molar-refractivity contribution is 7.18. The molecule has 0 aromatic carbocycles. The number of nitriles is 1. The van der Waals surface area contributed by atoms with E-state index in [1.165, 1.54) is 7.11 Å². The first kappa shape index (κ1) is 10.3. The molecule has 0 spiro atoms. The zero-order chi connectivity index (χ0) is 10.7. The van der Waals surface area contributed by atoms with Crippen molar-refractivity contribution in [1.82, 2.24) is 0 Å². The molecule has 0 saturated carbocycles. The number of nitrogen functional groups attached to an aromatic ring is 1. The summed E-state index contributed by atoms with van der Waals surface area (Å²) in [4.78, 5) is 11.5. The van der Waals surface area contributed by atoms with Crippen LogP contribution in [0.1, 0.15) is 15.2 Å². The molecule has 0 amide bonds. The predicted molar refractivity (Wildman–Crippen MR) is 54.3 cm³/mol. The third-order valence-corrected chi connectivity index (χ3v) is 2.86. The summed E-state index contributed by atoms with van der Waals surface area (Å²) in [6, 6.07) is 1.93. The van der Waals surface area contributed by atoms with Crippen molar-refractivity contribution in [2.24, 2.45) is 0 Å². The highest BCUT2D eigenvalue weighted by atomic mass is 32.1. The summed E-state index contributed by atoms with van der Waals surface area (Å²) in [5.74, 6) is -0.523. The van der Waals surface area contributed by atoms with Gasteiger partial charge in [0.2, 0.25) is 0 Å². The molecule has 6 heteroatoms. The summed E-state index contributed by atoms with van der Waals surface area (Å²) in [5, 5.41) is 12.2. The van der Waals surface area contributed by atoms with Crippen molar-refractivity contribution < 1.29 is 9.53 Å². The summed E-state index contributed by atoms with van der Waals surface area (Å²) in [7, 11) is 2.93. The number of hydrogen-bond acceptors (Lipinski definition) is 6. The minimum Gasteiger partial charge on any atom is -0.465 e. The van der Waals surface area contributed by atoms with Crippen molar-refractivity contribution in [1.29, 1.82) is 5.26 Å². The first-order valence-corrected chi connectivity index (χ1v) is 4.55. The molecule has 0 atom stereocenters. The lowest BCUT2D eigenvalue weighted by molar-refractivity contribution is 0.0607. The van der Waals surface area contributed by atoms with Gasteiger partial charge in [0.05, 0.1) is 12.8 Å². The molecule has 5 nitrogen and oxygen atoms in total. The second-order valence-corrected chi connectivity index (χ2v) is 3.42. The lowest BCUT2D eigenvalue weighted by atomic mass is 10.2. The summed E-state index contributed by atoms with van der Waals surface area (Å²) >= 11 is 1.11. The number of nitrogens with zero attached hydrogens (tertiary/aromatic N) is 1. The van der Waals surface area contributed by atoms with Gasteiger partial charge in [-0.3, -0.25) is 0 Å². The van der Waals surface area contributed by atoms with E-state index in [-0.39, 0.29) is 16.1 Å². The first-order chi connectivity index (χ1) is 6.65. The monoisotopic (exact) mass is 211 g/mol. The Morgan fingerprint density at radius 3 is 2.71 bits per heavy atom. The van der Waals surface area contributed by atoms with Gasteiger partial charge in [-0.05, 0) is 0 Å². The number of thiophene rings is 1. The van der Waals surface area contributed by atoms with Gasteiger partial charge in [-0.1, -0.05) is 0 Å². The summed E-state index contributed by atoms with van der Waals surface area (Å²) in [5.41, 5.74) is 6.08. The van der Waals surface area contributed by atoms with E-state index in [9.17, 15) is 4.79 Å². The molecule has 0 aliphatic carbocycles. The number of esters is 1. The molecule has 0 unspecified atom stereocenters. The summed E-state index contributed by atoms with van der Waals surface area (Å²) in [6.07, 6.45) is 0. The average Bonchev–Trinajstić information content (AvgIpc) is 2.53. The molecule has 0 bridgehead atoms. The normalized spacial score (nSPS) is 9.21. The van der Waals surface area contributed by atoms with Crippen LogP contribution in [-0.4, -0.2) is 20.1 Å². The van der Waals surface area contributed by atoms with Crippen LogP contribution in [0.2, 0.25) is 0 Å². The van der Waals surface area contributed by atoms with Crippen LogP contribution in [0.3, 0.4) is 0 Å². The molecular weight excluding hydrogens is 202 g/mol. The quantitative estimate of drug-likeness (QED) is 0.713. The number of nitrogens with two attached hydrogens (primary N) is 1. The molecule has 74 valence electrons. The highest BCUT2D eigenvalue weighted by Crippen LogP contribution is 2.34. The molecular formula is C8H9N3O2S. The Morgan fingerprint density at radius 1 is 1.71 bits per heavy atom. The van der Waals surface area contributed by atoms with E-state index in [1.807, 2.05) is 6.07 Å². The maximum atomic E-state index is 11.2. The number of ether oxygens (including phenoxy) is 1. The van der Waals surface area contributed by atoms with Gasteiger partial charge in [-0.2, -0.15) is 5.26 Å². The summed E-state index contributed by atoms with van der Waals surface area (Å²) < 4.78 is 4.53.